The lowest BCUT2D eigenvalue weighted by molar-refractivity contribution is 2.44. The molecule has 0 fully saturated rings. The minimum absolute atomic E-state index is 0. The summed E-state index contributed by atoms with van der Waals surface area (Å²) in [6, 6.07) is 0. The molecule has 0 rings (SSSR count). The Hall–Kier alpha value is -0.990. The molecule has 0 spiro atoms. The smallest absolute Gasteiger partial charge is 0.763 e. The standard InChI is InChI=1S/C4H2N/c1-2-3-4-5/h1,3H/q-1/p+1. The molecule has 0 amide bonds. The fourth-order valence-corrected chi connectivity index (χ4v) is 0.0373. The monoisotopic (exact) mass is 65.0 g/mol. The minimum Gasteiger partial charge on any atom is -0.763 e. The molecule has 5 heavy (non-hydrogen) atoms. The van der Waals surface area contributed by atoms with Crippen LogP contribution < -0.4 is 0 Å². The third kappa shape index (κ3) is 3.01. The molecule has 0 unspecified atom stereocenters. The van der Waals surface area contributed by atoms with E-state index in [2.05, 4.69) is 6.42 Å². The van der Waals surface area contributed by atoms with Crippen LogP contribution in [0.3, 0.4) is 0 Å². The van der Waals surface area contributed by atoms with Crippen molar-refractivity contribution in [1.29, 1.82) is 0 Å². The fourth-order valence-electron chi connectivity index (χ4n) is 0.0373. The van der Waals surface area contributed by atoms with E-state index in [1.54, 1.807) is 5.87 Å². The molecule has 0 atom stereocenters. The number of terminal acetylenes is 1. The van der Waals surface area contributed by atoms with E-state index in [0.717, 1.165) is 6.08 Å². The van der Waals surface area contributed by atoms with Crippen LogP contribution in [-0.4, -0.2) is 5.87 Å². The van der Waals surface area contributed by atoms with Crippen molar-refractivity contribution in [3.8, 4) is 12.3 Å². The topological polar surface area (TPSA) is 22.3 Å². The van der Waals surface area contributed by atoms with Crippen LogP contribution in [0, 0.1) is 12.3 Å². The maximum absolute atomic E-state index is 7.62. The van der Waals surface area contributed by atoms with Gasteiger partial charge in [0, 0.05) is 6.08 Å². The molecule has 0 aliphatic carbocycles. The second-order valence-corrected chi connectivity index (χ2v) is 0.440. The molecule has 0 aromatic heterocycles. The number of nitrogens with zero attached hydrogens (tertiary/aromatic N) is 1. The molecule has 0 aliphatic heterocycles. The van der Waals surface area contributed by atoms with Crippen LogP contribution in [-0.2, 0) is 0 Å². The van der Waals surface area contributed by atoms with E-state index in [4.69, 9.17) is 5.41 Å². The van der Waals surface area contributed by atoms with E-state index in [-0.39, 0.29) is 1.43 Å². The van der Waals surface area contributed by atoms with Crippen molar-refractivity contribution in [2.75, 3.05) is 0 Å². The van der Waals surface area contributed by atoms with Crippen LogP contribution in [0.5, 0.6) is 0 Å². The second-order valence-electron chi connectivity index (χ2n) is 0.440. The molecular formula is C4H3N. The highest BCUT2D eigenvalue weighted by molar-refractivity contribution is 5.59. The molecule has 0 aliphatic rings. The predicted octanol–water partition coefficient (Wildman–Crippen LogP) is 0.527. The maximum Gasteiger partial charge on any atom is 1.00 e. The fraction of sp³-hybridized carbons (Fsp3) is 0. The van der Waals surface area contributed by atoms with Gasteiger partial charge in [-0.3, -0.25) is 5.87 Å². The van der Waals surface area contributed by atoms with E-state index in [1.807, 2.05) is 5.92 Å². The number of allylic oxidation sites excluding steroid dienone is 1. The van der Waals surface area contributed by atoms with Gasteiger partial charge in [0.1, 0.15) is 0 Å². The van der Waals surface area contributed by atoms with E-state index < -0.39 is 0 Å². The lowest BCUT2D eigenvalue weighted by Crippen LogP contribution is -1.37. The first-order valence-electron chi connectivity index (χ1n) is 1.09. The van der Waals surface area contributed by atoms with Gasteiger partial charge in [0.2, 0.25) is 0 Å². The molecule has 0 aromatic carbocycles. The van der Waals surface area contributed by atoms with Gasteiger partial charge in [-0.25, -0.2) is 0 Å². The predicted molar refractivity (Wildman–Crippen MR) is 22.9 cm³/mol. The summed E-state index contributed by atoms with van der Waals surface area (Å²) in [6.45, 7) is 0. The lowest BCUT2D eigenvalue weighted by atomic mass is 10.7. The molecule has 1 nitrogen and oxygen atoms in total. The first-order valence-corrected chi connectivity index (χ1v) is 1.09. The zero-order valence-corrected chi connectivity index (χ0v) is 2.60. The van der Waals surface area contributed by atoms with Crippen molar-refractivity contribution in [1.82, 2.24) is 0 Å². The van der Waals surface area contributed by atoms with Crippen LogP contribution in [0.1, 0.15) is 1.43 Å². The Morgan fingerprint density at radius 3 is 2.60 bits per heavy atom. The average Bonchev–Trinajstić information content (AvgIpc) is 1.41. The van der Waals surface area contributed by atoms with Crippen molar-refractivity contribution in [2.24, 2.45) is 0 Å². The van der Waals surface area contributed by atoms with Crippen molar-refractivity contribution in [3.63, 3.8) is 0 Å². The van der Waals surface area contributed by atoms with Gasteiger partial charge in [-0.15, -0.1) is 6.42 Å². The van der Waals surface area contributed by atoms with Gasteiger partial charge >= 0.3 is 1.43 Å². The second kappa shape index (κ2) is 3.01. The first kappa shape index (κ1) is 4.01. The summed E-state index contributed by atoms with van der Waals surface area (Å²) in [5.41, 5.74) is 0. The molecule has 24 valence electrons. The summed E-state index contributed by atoms with van der Waals surface area (Å²) in [7, 11) is 0. The Balaban J connectivity index is 0. The maximum atomic E-state index is 7.62. The molecular weight excluding hydrogens is 62.1 g/mol. The number of hydrogen-bond donors (Lipinski definition) is 0. The summed E-state index contributed by atoms with van der Waals surface area (Å²) >= 11 is 0. The Morgan fingerprint density at radius 1 is 2.00 bits per heavy atom. The Labute approximate surface area is 32.3 Å². The van der Waals surface area contributed by atoms with E-state index >= 15 is 0 Å². The number of rotatable bonds is 0. The highest BCUT2D eigenvalue weighted by Crippen LogP contribution is 1.41. The SMILES string of the molecule is C#CC=C=[N-].[H+]. The van der Waals surface area contributed by atoms with Crippen LogP contribution >= 0.6 is 0 Å². The summed E-state index contributed by atoms with van der Waals surface area (Å²) < 4.78 is 0. The van der Waals surface area contributed by atoms with Gasteiger partial charge in [-0.05, 0) is 0 Å². The molecule has 0 aromatic rings. The summed E-state index contributed by atoms with van der Waals surface area (Å²) in [5.74, 6) is 3.69. The van der Waals surface area contributed by atoms with Gasteiger partial charge < -0.3 is 5.41 Å². The lowest BCUT2D eigenvalue weighted by Gasteiger charge is -1.55. The van der Waals surface area contributed by atoms with Crippen molar-refractivity contribution in [2.45, 2.75) is 0 Å². The normalized spacial score (nSPS) is 3.80. The Bertz CT molecular complexity index is 94.6. The van der Waals surface area contributed by atoms with E-state index in [1.165, 1.54) is 0 Å². The summed E-state index contributed by atoms with van der Waals surface area (Å²) in [4.78, 5) is 0. The van der Waals surface area contributed by atoms with Crippen LogP contribution in [0.2, 0.25) is 0 Å². The molecule has 0 bridgehead atoms. The van der Waals surface area contributed by atoms with Crippen LogP contribution in [0.15, 0.2) is 6.08 Å². The molecule has 0 saturated carbocycles. The van der Waals surface area contributed by atoms with Gasteiger partial charge in [0.05, 0.1) is 0 Å². The Morgan fingerprint density at radius 2 is 2.60 bits per heavy atom. The first-order chi connectivity index (χ1) is 2.41. The molecule has 0 saturated heterocycles. The average molecular weight is 65.1 g/mol. The minimum atomic E-state index is 0. The molecule has 0 radical (unpaired) electrons. The molecule has 0 heterocycles. The van der Waals surface area contributed by atoms with Gasteiger partial charge in [-0.2, -0.15) is 0 Å². The van der Waals surface area contributed by atoms with Crippen molar-refractivity contribution >= 4 is 5.87 Å². The van der Waals surface area contributed by atoms with Gasteiger partial charge in [0.15, 0.2) is 0 Å². The Kier molecular flexibility index (Phi) is 2.41. The quantitative estimate of drug-likeness (QED) is 0.290. The zero-order chi connectivity index (χ0) is 4.12. The van der Waals surface area contributed by atoms with Crippen LogP contribution in [0.4, 0.5) is 0 Å². The summed E-state index contributed by atoms with van der Waals surface area (Å²) in [6.07, 6.45) is 5.69. The van der Waals surface area contributed by atoms with Crippen LogP contribution in [0.25, 0.3) is 5.41 Å². The highest BCUT2D eigenvalue weighted by atomic mass is 14.3. The summed E-state index contributed by atoms with van der Waals surface area (Å²) in [5, 5.41) is 7.62. The third-order valence-corrected chi connectivity index (χ3v) is 0.148. The van der Waals surface area contributed by atoms with E-state index in [0.29, 0.717) is 0 Å². The molecule has 0 N–H and O–H groups in total. The van der Waals surface area contributed by atoms with Crippen molar-refractivity contribution < 1.29 is 1.43 Å². The van der Waals surface area contributed by atoms with Gasteiger partial charge in [-0.1, -0.05) is 5.92 Å². The molecule has 1 heteroatoms. The van der Waals surface area contributed by atoms with E-state index in [9.17, 15) is 0 Å². The highest BCUT2D eigenvalue weighted by Gasteiger charge is 1.29. The zero-order valence-electron chi connectivity index (χ0n) is 3.60. The van der Waals surface area contributed by atoms with Gasteiger partial charge in [0.25, 0.3) is 0 Å². The van der Waals surface area contributed by atoms with Crippen molar-refractivity contribution in [3.05, 3.63) is 11.5 Å². The number of hydrogen-bond acceptors (Lipinski definition) is 0. The largest absolute Gasteiger partial charge is 1.00 e. The third-order valence-electron chi connectivity index (χ3n) is 0.148.